The predicted molar refractivity (Wildman–Crippen MR) is 112 cm³/mol. The number of nitrogens with zero attached hydrogens (tertiary/aromatic N) is 2. The highest BCUT2D eigenvalue weighted by molar-refractivity contribution is 7.09. The van der Waals surface area contributed by atoms with Gasteiger partial charge in [0.25, 0.3) is 0 Å². The van der Waals surface area contributed by atoms with Crippen LogP contribution in [-0.4, -0.2) is 34.7 Å². The van der Waals surface area contributed by atoms with E-state index in [2.05, 4.69) is 12.1 Å². The lowest BCUT2D eigenvalue weighted by molar-refractivity contribution is -0.137. The first-order chi connectivity index (χ1) is 14.2. The Hall–Kier alpha value is -2.86. The molecule has 0 bridgehead atoms. The van der Waals surface area contributed by atoms with Gasteiger partial charge in [0, 0.05) is 24.4 Å². The summed E-state index contributed by atoms with van der Waals surface area (Å²) in [5.74, 6) is 0.534. The summed E-state index contributed by atoms with van der Waals surface area (Å²) in [6.07, 6.45) is 2.71. The molecule has 1 fully saturated rings. The summed E-state index contributed by atoms with van der Waals surface area (Å²) in [6, 6.07) is 17.8. The summed E-state index contributed by atoms with van der Waals surface area (Å²) >= 11 is 1.63. The van der Waals surface area contributed by atoms with Gasteiger partial charge in [-0.15, -0.1) is 11.3 Å². The quantitative estimate of drug-likeness (QED) is 0.567. The molecule has 1 atom stereocenters. The van der Waals surface area contributed by atoms with Crippen molar-refractivity contribution in [3.8, 4) is 0 Å². The zero-order valence-electron chi connectivity index (χ0n) is 16.2. The van der Waals surface area contributed by atoms with Crippen LogP contribution in [0.15, 0.2) is 70.7 Å². The fourth-order valence-corrected chi connectivity index (χ4v) is 4.43. The van der Waals surface area contributed by atoms with Crippen LogP contribution >= 0.6 is 11.3 Å². The summed E-state index contributed by atoms with van der Waals surface area (Å²) in [5, 5.41) is 2.01. The SMILES string of the molecule is O=C1CC(C(=O)N(Cc2ccco2)Cc2cccs2)CN1CCc1ccccc1. The van der Waals surface area contributed by atoms with Crippen molar-refractivity contribution in [3.63, 3.8) is 0 Å². The number of carbonyl (C=O) groups is 2. The highest BCUT2D eigenvalue weighted by Gasteiger charge is 2.36. The zero-order valence-corrected chi connectivity index (χ0v) is 17.0. The van der Waals surface area contributed by atoms with Gasteiger partial charge in [0.1, 0.15) is 5.76 Å². The minimum absolute atomic E-state index is 0.0189. The van der Waals surface area contributed by atoms with E-state index in [0.29, 0.717) is 26.2 Å². The van der Waals surface area contributed by atoms with E-state index in [9.17, 15) is 9.59 Å². The first-order valence-electron chi connectivity index (χ1n) is 9.84. The Balaban J connectivity index is 1.40. The first-order valence-corrected chi connectivity index (χ1v) is 10.7. The lowest BCUT2D eigenvalue weighted by atomic mass is 10.1. The third-order valence-electron chi connectivity index (χ3n) is 5.24. The molecule has 0 N–H and O–H groups in total. The van der Waals surface area contributed by atoms with Gasteiger partial charge in [-0.2, -0.15) is 0 Å². The van der Waals surface area contributed by atoms with Gasteiger partial charge in [-0.1, -0.05) is 36.4 Å². The number of amides is 2. The monoisotopic (exact) mass is 408 g/mol. The van der Waals surface area contributed by atoms with E-state index in [1.165, 1.54) is 5.56 Å². The molecule has 1 unspecified atom stereocenters. The van der Waals surface area contributed by atoms with Gasteiger partial charge in [0.2, 0.25) is 11.8 Å². The minimum Gasteiger partial charge on any atom is -0.467 e. The average molecular weight is 409 g/mol. The second-order valence-electron chi connectivity index (χ2n) is 7.33. The lowest BCUT2D eigenvalue weighted by Gasteiger charge is -2.24. The second-order valence-corrected chi connectivity index (χ2v) is 8.36. The molecular weight excluding hydrogens is 384 g/mol. The van der Waals surface area contributed by atoms with Gasteiger partial charge in [0.05, 0.1) is 25.3 Å². The van der Waals surface area contributed by atoms with E-state index in [0.717, 1.165) is 17.1 Å². The fraction of sp³-hybridized carbons (Fsp3) is 0.304. The van der Waals surface area contributed by atoms with E-state index in [1.807, 2.05) is 57.6 Å². The normalized spacial score (nSPS) is 16.3. The molecule has 0 spiro atoms. The van der Waals surface area contributed by atoms with Gasteiger partial charge in [-0.3, -0.25) is 9.59 Å². The van der Waals surface area contributed by atoms with Crippen molar-refractivity contribution < 1.29 is 14.0 Å². The molecule has 0 aliphatic carbocycles. The molecule has 150 valence electrons. The molecule has 3 heterocycles. The van der Waals surface area contributed by atoms with Crippen LogP contribution in [0.2, 0.25) is 0 Å². The first kappa shape index (κ1) is 19.5. The predicted octanol–water partition coefficient (Wildman–Crippen LogP) is 3.96. The van der Waals surface area contributed by atoms with Gasteiger partial charge in [-0.25, -0.2) is 0 Å². The number of thiophene rings is 1. The number of hydrogen-bond donors (Lipinski definition) is 0. The molecule has 0 saturated carbocycles. The molecule has 2 amide bonds. The Morgan fingerprint density at radius 2 is 1.97 bits per heavy atom. The molecule has 1 saturated heterocycles. The molecule has 6 heteroatoms. The molecule has 4 rings (SSSR count). The van der Waals surface area contributed by atoms with Gasteiger partial charge < -0.3 is 14.2 Å². The Bertz CT molecular complexity index is 886. The van der Waals surface area contributed by atoms with Crippen LogP contribution in [0.25, 0.3) is 0 Å². The fourth-order valence-electron chi connectivity index (χ4n) is 3.71. The van der Waals surface area contributed by atoms with E-state index in [-0.39, 0.29) is 24.2 Å². The minimum atomic E-state index is -0.298. The number of benzene rings is 1. The number of rotatable bonds is 8. The molecule has 29 heavy (non-hydrogen) atoms. The van der Waals surface area contributed by atoms with Gasteiger partial charge in [0.15, 0.2) is 0 Å². The highest BCUT2D eigenvalue weighted by Crippen LogP contribution is 2.24. The second kappa shape index (κ2) is 9.09. The average Bonchev–Trinajstić information content (AvgIpc) is 3.49. The molecule has 5 nitrogen and oxygen atoms in total. The maximum atomic E-state index is 13.3. The Morgan fingerprint density at radius 1 is 1.10 bits per heavy atom. The topological polar surface area (TPSA) is 53.8 Å². The van der Waals surface area contributed by atoms with Crippen molar-refractivity contribution in [2.24, 2.45) is 5.92 Å². The summed E-state index contributed by atoms with van der Waals surface area (Å²) in [4.78, 5) is 30.5. The summed E-state index contributed by atoms with van der Waals surface area (Å²) in [6.45, 7) is 2.09. The molecule has 2 aromatic heterocycles. The maximum absolute atomic E-state index is 13.3. The van der Waals surface area contributed by atoms with Crippen molar-refractivity contribution >= 4 is 23.2 Å². The van der Waals surface area contributed by atoms with Crippen LogP contribution in [0, 0.1) is 5.92 Å². The molecule has 0 radical (unpaired) electrons. The maximum Gasteiger partial charge on any atom is 0.228 e. The highest BCUT2D eigenvalue weighted by atomic mass is 32.1. The van der Waals surface area contributed by atoms with Crippen LogP contribution < -0.4 is 0 Å². The van der Waals surface area contributed by atoms with Crippen LogP contribution in [0.4, 0.5) is 0 Å². The number of carbonyl (C=O) groups excluding carboxylic acids is 2. The zero-order chi connectivity index (χ0) is 20.1. The van der Waals surface area contributed by atoms with Crippen LogP contribution in [0.5, 0.6) is 0 Å². The Kier molecular flexibility index (Phi) is 6.10. The van der Waals surface area contributed by atoms with Crippen molar-refractivity contribution in [1.82, 2.24) is 9.80 Å². The van der Waals surface area contributed by atoms with E-state index < -0.39 is 0 Å². The summed E-state index contributed by atoms with van der Waals surface area (Å²) in [5.41, 5.74) is 1.20. The van der Waals surface area contributed by atoms with E-state index >= 15 is 0 Å². The van der Waals surface area contributed by atoms with Gasteiger partial charge >= 0.3 is 0 Å². The van der Waals surface area contributed by atoms with Crippen LogP contribution in [-0.2, 0) is 29.1 Å². The Labute approximate surface area is 174 Å². The van der Waals surface area contributed by atoms with Crippen molar-refractivity contribution in [2.75, 3.05) is 13.1 Å². The summed E-state index contributed by atoms with van der Waals surface area (Å²) < 4.78 is 5.46. The Morgan fingerprint density at radius 3 is 2.69 bits per heavy atom. The lowest BCUT2D eigenvalue weighted by Crippen LogP contribution is -2.36. The van der Waals surface area contributed by atoms with Crippen LogP contribution in [0.1, 0.15) is 22.6 Å². The molecular formula is C23H24N2O3S. The summed E-state index contributed by atoms with van der Waals surface area (Å²) in [7, 11) is 0. The largest absolute Gasteiger partial charge is 0.467 e. The van der Waals surface area contributed by atoms with Crippen LogP contribution in [0.3, 0.4) is 0 Å². The third-order valence-corrected chi connectivity index (χ3v) is 6.10. The molecule has 3 aromatic rings. The van der Waals surface area contributed by atoms with Gasteiger partial charge in [-0.05, 0) is 35.6 Å². The molecule has 1 aliphatic rings. The van der Waals surface area contributed by atoms with Crippen molar-refractivity contribution in [1.29, 1.82) is 0 Å². The number of hydrogen-bond acceptors (Lipinski definition) is 4. The molecule has 1 aliphatic heterocycles. The third kappa shape index (κ3) is 4.95. The molecule has 1 aromatic carbocycles. The number of furan rings is 1. The smallest absolute Gasteiger partial charge is 0.228 e. The van der Waals surface area contributed by atoms with Crippen molar-refractivity contribution in [2.45, 2.75) is 25.9 Å². The number of likely N-dealkylation sites (tertiary alicyclic amines) is 1. The van der Waals surface area contributed by atoms with Crippen molar-refractivity contribution in [3.05, 3.63) is 82.4 Å². The van der Waals surface area contributed by atoms with E-state index in [1.54, 1.807) is 17.6 Å². The van der Waals surface area contributed by atoms with E-state index in [4.69, 9.17) is 4.42 Å². The standard InChI is InChI=1S/C23H24N2O3S/c26-22-14-19(15-24(22)11-10-18-6-2-1-3-7-18)23(27)25(16-20-8-4-12-28-20)17-21-9-5-13-29-21/h1-9,12-13,19H,10-11,14-17H2.